The van der Waals surface area contributed by atoms with Crippen molar-refractivity contribution < 1.29 is 13.2 Å². The van der Waals surface area contributed by atoms with Gasteiger partial charge in [-0.1, -0.05) is 11.3 Å². The lowest BCUT2D eigenvalue weighted by atomic mass is 10.4. The Labute approximate surface area is 93.9 Å². The molecule has 0 aliphatic rings. The lowest BCUT2D eigenvalue weighted by molar-refractivity contribution is -0.124. The molecule has 1 rings (SSSR count). The van der Waals surface area contributed by atoms with E-state index in [1.165, 1.54) is 0 Å². The van der Waals surface area contributed by atoms with Crippen molar-refractivity contribution in [1.29, 1.82) is 0 Å². The fourth-order valence-electron chi connectivity index (χ4n) is 1.03. The molecule has 0 aromatic carbocycles. The summed E-state index contributed by atoms with van der Waals surface area (Å²) in [5, 5.41) is 6.85. The van der Waals surface area contributed by atoms with Gasteiger partial charge in [0.05, 0.1) is 6.54 Å². The monoisotopic (exact) mass is 255 g/mol. The van der Waals surface area contributed by atoms with Gasteiger partial charge in [0.2, 0.25) is 0 Å². The van der Waals surface area contributed by atoms with Crippen LogP contribution in [-0.2, 0) is 6.54 Å². The average molecular weight is 255 g/mol. The highest BCUT2D eigenvalue weighted by atomic mass is 32.1. The quantitative estimate of drug-likeness (QED) is 0.655. The first-order chi connectivity index (χ1) is 7.47. The average Bonchev–Trinajstić information content (AvgIpc) is 2.56. The first-order valence-corrected chi connectivity index (χ1v) is 5.50. The number of hydrogen-bond acceptors (Lipinski definition) is 4. The standard InChI is InChI=1S/C8H12F3N3OS/c9-8(10,11)5-13-2-1-12-3-6-4-16-7(15)14-6/h4,12-13H,1-3,5H2,(H,14,15). The van der Waals surface area contributed by atoms with Crippen molar-refractivity contribution in [2.24, 2.45) is 0 Å². The summed E-state index contributed by atoms with van der Waals surface area (Å²) in [5.74, 6) is 0. The number of aromatic amines is 1. The number of thiazole rings is 1. The third kappa shape index (κ3) is 5.89. The summed E-state index contributed by atoms with van der Waals surface area (Å²) in [4.78, 5) is 13.2. The highest BCUT2D eigenvalue weighted by Gasteiger charge is 2.25. The molecule has 0 bridgehead atoms. The highest BCUT2D eigenvalue weighted by Crippen LogP contribution is 2.11. The van der Waals surface area contributed by atoms with Gasteiger partial charge in [-0.3, -0.25) is 4.79 Å². The molecular formula is C8H12F3N3OS. The van der Waals surface area contributed by atoms with Crippen molar-refractivity contribution in [3.05, 3.63) is 20.7 Å². The molecule has 4 nitrogen and oxygen atoms in total. The first-order valence-electron chi connectivity index (χ1n) is 4.62. The van der Waals surface area contributed by atoms with E-state index in [1.54, 1.807) is 5.38 Å². The molecule has 0 atom stereocenters. The van der Waals surface area contributed by atoms with E-state index in [1.807, 2.05) is 0 Å². The topological polar surface area (TPSA) is 56.9 Å². The Bertz CT molecular complexity index is 360. The second-order valence-electron chi connectivity index (χ2n) is 3.14. The third-order valence-corrected chi connectivity index (χ3v) is 2.41. The molecule has 0 fully saturated rings. The number of H-pyrrole nitrogens is 1. The van der Waals surface area contributed by atoms with Crippen LogP contribution in [0.3, 0.4) is 0 Å². The summed E-state index contributed by atoms with van der Waals surface area (Å²) >= 11 is 1.06. The molecule has 1 heterocycles. The Hall–Kier alpha value is -0.860. The maximum Gasteiger partial charge on any atom is 0.401 e. The van der Waals surface area contributed by atoms with Crippen molar-refractivity contribution in [2.45, 2.75) is 12.7 Å². The van der Waals surface area contributed by atoms with Crippen LogP contribution in [0.2, 0.25) is 0 Å². The first kappa shape index (κ1) is 13.2. The van der Waals surface area contributed by atoms with E-state index >= 15 is 0 Å². The lowest BCUT2D eigenvalue weighted by Gasteiger charge is -2.08. The highest BCUT2D eigenvalue weighted by molar-refractivity contribution is 7.07. The predicted octanol–water partition coefficient (Wildman–Crippen LogP) is 0.678. The van der Waals surface area contributed by atoms with Crippen LogP contribution in [0.25, 0.3) is 0 Å². The molecule has 3 N–H and O–H groups in total. The maximum absolute atomic E-state index is 11.7. The fourth-order valence-corrected chi connectivity index (χ4v) is 1.61. The Morgan fingerprint density at radius 1 is 1.31 bits per heavy atom. The van der Waals surface area contributed by atoms with Gasteiger partial charge >= 0.3 is 11.0 Å². The Morgan fingerprint density at radius 3 is 2.56 bits per heavy atom. The number of rotatable bonds is 6. The van der Waals surface area contributed by atoms with Crippen LogP contribution in [-0.4, -0.2) is 30.8 Å². The molecule has 16 heavy (non-hydrogen) atoms. The number of aromatic nitrogens is 1. The van der Waals surface area contributed by atoms with Gasteiger partial charge in [-0.05, 0) is 0 Å². The number of alkyl halides is 3. The van der Waals surface area contributed by atoms with Crippen LogP contribution in [0, 0.1) is 0 Å². The van der Waals surface area contributed by atoms with Crippen LogP contribution in [0.1, 0.15) is 5.69 Å². The zero-order chi connectivity index (χ0) is 12.0. The fraction of sp³-hybridized carbons (Fsp3) is 0.625. The summed E-state index contributed by atoms with van der Waals surface area (Å²) in [6.07, 6.45) is -4.17. The smallest absolute Gasteiger partial charge is 0.315 e. The van der Waals surface area contributed by atoms with E-state index < -0.39 is 12.7 Å². The van der Waals surface area contributed by atoms with Crippen molar-refractivity contribution in [3.8, 4) is 0 Å². The Morgan fingerprint density at radius 2 is 2.00 bits per heavy atom. The van der Waals surface area contributed by atoms with Crippen LogP contribution in [0.15, 0.2) is 10.2 Å². The van der Waals surface area contributed by atoms with Crippen molar-refractivity contribution in [3.63, 3.8) is 0 Å². The molecule has 0 spiro atoms. The van der Waals surface area contributed by atoms with Crippen LogP contribution in [0.4, 0.5) is 13.2 Å². The minimum atomic E-state index is -4.17. The van der Waals surface area contributed by atoms with Crippen LogP contribution >= 0.6 is 11.3 Å². The third-order valence-electron chi connectivity index (χ3n) is 1.69. The molecule has 0 aliphatic carbocycles. The summed E-state index contributed by atoms with van der Waals surface area (Å²) in [7, 11) is 0. The molecular weight excluding hydrogens is 243 g/mol. The van der Waals surface area contributed by atoms with E-state index in [0.717, 1.165) is 17.0 Å². The van der Waals surface area contributed by atoms with Crippen molar-refractivity contribution >= 4 is 11.3 Å². The minimum absolute atomic E-state index is 0.132. The molecule has 0 radical (unpaired) electrons. The summed E-state index contributed by atoms with van der Waals surface area (Å²) in [5.41, 5.74) is 0.742. The second kappa shape index (κ2) is 6.02. The van der Waals surface area contributed by atoms with E-state index in [-0.39, 0.29) is 11.4 Å². The minimum Gasteiger partial charge on any atom is -0.315 e. The molecule has 1 aromatic heterocycles. The van der Waals surface area contributed by atoms with Crippen molar-refractivity contribution in [1.82, 2.24) is 15.6 Å². The van der Waals surface area contributed by atoms with E-state index in [2.05, 4.69) is 15.6 Å². The van der Waals surface area contributed by atoms with Gasteiger partial charge in [0.15, 0.2) is 0 Å². The predicted molar refractivity (Wildman–Crippen MR) is 55.6 cm³/mol. The van der Waals surface area contributed by atoms with E-state index in [9.17, 15) is 18.0 Å². The molecule has 0 unspecified atom stereocenters. The molecule has 0 saturated carbocycles. The van der Waals surface area contributed by atoms with Gasteiger partial charge < -0.3 is 15.6 Å². The van der Waals surface area contributed by atoms with Gasteiger partial charge in [-0.2, -0.15) is 13.2 Å². The summed E-state index contributed by atoms with van der Waals surface area (Å²) in [6, 6.07) is 0. The van der Waals surface area contributed by atoms with Gasteiger partial charge in [0.1, 0.15) is 0 Å². The van der Waals surface area contributed by atoms with E-state index in [4.69, 9.17) is 0 Å². The zero-order valence-corrected chi connectivity index (χ0v) is 9.17. The van der Waals surface area contributed by atoms with Crippen LogP contribution in [0.5, 0.6) is 0 Å². The van der Waals surface area contributed by atoms with Gasteiger partial charge in [-0.25, -0.2) is 0 Å². The number of nitrogens with one attached hydrogen (secondary N) is 3. The van der Waals surface area contributed by atoms with Gasteiger partial charge in [-0.15, -0.1) is 0 Å². The molecule has 92 valence electrons. The molecule has 0 saturated heterocycles. The number of hydrogen-bond donors (Lipinski definition) is 3. The summed E-state index contributed by atoms with van der Waals surface area (Å²) < 4.78 is 35.1. The van der Waals surface area contributed by atoms with Gasteiger partial charge in [0.25, 0.3) is 0 Å². The molecule has 0 aliphatic heterocycles. The molecule has 1 aromatic rings. The normalized spacial score (nSPS) is 11.9. The SMILES string of the molecule is O=c1[nH]c(CNCCNCC(F)(F)F)cs1. The second-order valence-corrected chi connectivity index (χ2v) is 3.98. The van der Waals surface area contributed by atoms with Crippen LogP contribution < -0.4 is 15.5 Å². The Balaban J connectivity index is 2.02. The van der Waals surface area contributed by atoms with Gasteiger partial charge in [0, 0.05) is 30.7 Å². The number of halogens is 3. The zero-order valence-electron chi connectivity index (χ0n) is 8.36. The van der Waals surface area contributed by atoms with E-state index in [0.29, 0.717) is 13.1 Å². The maximum atomic E-state index is 11.7. The summed E-state index contributed by atoms with van der Waals surface area (Å²) in [6.45, 7) is 0.109. The van der Waals surface area contributed by atoms with Crippen molar-refractivity contribution in [2.75, 3.05) is 19.6 Å². The largest absolute Gasteiger partial charge is 0.401 e. The molecule has 8 heteroatoms. The lowest BCUT2D eigenvalue weighted by Crippen LogP contribution is -2.34. The Kier molecular flexibility index (Phi) is 4.97. The molecule has 0 amide bonds.